The maximum atomic E-state index is 9.01. The standard InChI is InChI=1S/C11H16ClN3O/c1-3-9-11(12)10(15(4-2)14-9)5-8(6-13)7-16/h8,16H,3-5,7H2,1-2H3. The van der Waals surface area contributed by atoms with Gasteiger partial charge in [-0.25, -0.2) is 0 Å². The van der Waals surface area contributed by atoms with Crippen molar-refractivity contribution in [2.45, 2.75) is 33.2 Å². The fourth-order valence-electron chi connectivity index (χ4n) is 1.60. The zero-order chi connectivity index (χ0) is 12.1. The summed E-state index contributed by atoms with van der Waals surface area (Å²) in [7, 11) is 0. The Labute approximate surface area is 100 Å². The summed E-state index contributed by atoms with van der Waals surface area (Å²) in [6.45, 7) is 4.54. The Kier molecular flexibility index (Phi) is 4.78. The average Bonchev–Trinajstić information content (AvgIpc) is 2.62. The van der Waals surface area contributed by atoms with Crippen molar-refractivity contribution in [3.05, 3.63) is 16.4 Å². The average molecular weight is 242 g/mol. The van der Waals surface area contributed by atoms with Crippen molar-refractivity contribution in [1.29, 1.82) is 5.26 Å². The van der Waals surface area contributed by atoms with Crippen molar-refractivity contribution in [2.75, 3.05) is 6.61 Å². The molecule has 88 valence electrons. The lowest BCUT2D eigenvalue weighted by Gasteiger charge is -2.07. The lowest BCUT2D eigenvalue weighted by Crippen LogP contribution is -2.11. The van der Waals surface area contributed by atoms with Crippen molar-refractivity contribution in [3.63, 3.8) is 0 Å². The molecule has 0 bridgehead atoms. The normalized spacial score (nSPS) is 12.4. The van der Waals surface area contributed by atoms with Gasteiger partial charge < -0.3 is 5.11 Å². The molecule has 1 atom stereocenters. The molecule has 0 fully saturated rings. The molecule has 4 nitrogen and oxygen atoms in total. The highest BCUT2D eigenvalue weighted by atomic mass is 35.5. The summed E-state index contributed by atoms with van der Waals surface area (Å²) in [6.07, 6.45) is 1.22. The van der Waals surface area contributed by atoms with Crippen molar-refractivity contribution in [1.82, 2.24) is 9.78 Å². The molecule has 0 spiro atoms. The molecule has 0 aliphatic heterocycles. The third kappa shape index (κ3) is 2.55. The zero-order valence-corrected chi connectivity index (χ0v) is 10.3. The molecule has 0 radical (unpaired) electrons. The maximum absolute atomic E-state index is 9.01. The predicted molar refractivity (Wildman–Crippen MR) is 62.2 cm³/mol. The molecule has 0 amide bonds. The number of halogens is 1. The van der Waals surface area contributed by atoms with Crippen LogP contribution in [-0.4, -0.2) is 21.5 Å². The van der Waals surface area contributed by atoms with E-state index in [1.165, 1.54) is 0 Å². The number of aliphatic hydroxyl groups is 1. The third-order valence-electron chi connectivity index (χ3n) is 2.54. The van der Waals surface area contributed by atoms with Crippen LogP contribution in [0.2, 0.25) is 5.02 Å². The largest absolute Gasteiger partial charge is 0.395 e. The van der Waals surface area contributed by atoms with Gasteiger partial charge >= 0.3 is 0 Å². The van der Waals surface area contributed by atoms with Crippen molar-refractivity contribution in [3.8, 4) is 6.07 Å². The van der Waals surface area contributed by atoms with Gasteiger partial charge in [0.05, 0.1) is 35.0 Å². The molecule has 0 aliphatic carbocycles. The summed E-state index contributed by atoms with van der Waals surface area (Å²) in [4.78, 5) is 0. The van der Waals surface area contributed by atoms with Crippen LogP contribution in [0.1, 0.15) is 25.2 Å². The summed E-state index contributed by atoms with van der Waals surface area (Å²) in [5.41, 5.74) is 1.70. The first kappa shape index (κ1) is 13.0. The molecule has 0 aromatic carbocycles. The maximum Gasteiger partial charge on any atom is 0.0850 e. The number of hydrogen-bond donors (Lipinski definition) is 1. The van der Waals surface area contributed by atoms with Gasteiger partial charge in [-0.2, -0.15) is 10.4 Å². The Balaban J connectivity index is 3.02. The van der Waals surface area contributed by atoms with E-state index in [-0.39, 0.29) is 6.61 Å². The van der Waals surface area contributed by atoms with Gasteiger partial charge in [-0.05, 0) is 13.3 Å². The number of aliphatic hydroxyl groups excluding tert-OH is 1. The lowest BCUT2D eigenvalue weighted by molar-refractivity contribution is 0.254. The second-order valence-corrected chi connectivity index (χ2v) is 3.97. The van der Waals surface area contributed by atoms with Crippen LogP contribution >= 0.6 is 11.6 Å². The molecular formula is C11H16ClN3O. The number of hydrogen-bond acceptors (Lipinski definition) is 3. The van der Waals surface area contributed by atoms with E-state index in [4.69, 9.17) is 22.0 Å². The molecule has 1 aromatic rings. The van der Waals surface area contributed by atoms with E-state index in [1.54, 1.807) is 4.68 Å². The second kappa shape index (κ2) is 5.88. The molecule has 5 heteroatoms. The number of rotatable bonds is 5. The Morgan fingerprint density at radius 1 is 1.56 bits per heavy atom. The van der Waals surface area contributed by atoms with Crippen molar-refractivity contribution in [2.24, 2.45) is 5.92 Å². The molecule has 1 aromatic heterocycles. The van der Waals surface area contributed by atoms with Crippen LogP contribution < -0.4 is 0 Å². The van der Waals surface area contributed by atoms with Gasteiger partial charge in [-0.15, -0.1) is 0 Å². The van der Waals surface area contributed by atoms with Crippen LogP contribution in [0, 0.1) is 17.2 Å². The topological polar surface area (TPSA) is 61.8 Å². The van der Waals surface area contributed by atoms with E-state index < -0.39 is 5.92 Å². The Hall–Kier alpha value is -1.05. The van der Waals surface area contributed by atoms with Crippen LogP contribution in [0.5, 0.6) is 0 Å². The molecule has 0 saturated carbocycles. The van der Waals surface area contributed by atoms with Gasteiger partial charge in [-0.3, -0.25) is 4.68 Å². The predicted octanol–water partition coefficient (Wildman–Crippen LogP) is 1.79. The van der Waals surface area contributed by atoms with Crippen LogP contribution in [-0.2, 0) is 19.4 Å². The van der Waals surface area contributed by atoms with Gasteiger partial charge in [0.15, 0.2) is 0 Å². The summed E-state index contributed by atoms with van der Waals surface area (Å²) < 4.78 is 1.81. The van der Waals surface area contributed by atoms with Crippen molar-refractivity contribution >= 4 is 11.6 Å². The fourth-order valence-corrected chi connectivity index (χ4v) is 1.94. The van der Waals surface area contributed by atoms with Crippen LogP contribution in [0.3, 0.4) is 0 Å². The van der Waals surface area contributed by atoms with E-state index >= 15 is 0 Å². The van der Waals surface area contributed by atoms with Crippen LogP contribution in [0.25, 0.3) is 0 Å². The van der Waals surface area contributed by atoms with E-state index in [2.05, 4.69) is 11.2 Å². The van der Waals surface area contributed by atoms with E-state index in [0.717, 1.165) is 24.4 Å². The van der Waals surface area contributed by atoms with Gasteiger partial charge in [0.1, 0.15) is 0 Å². The monoisotopic (exact) mass is 241 g/mol. The number of nitrogens with zero attached hydrogens (tertiary/aromatic N) is 3. The lowest BCUT2D eigenvalue weighted by atomic mass is 10.1. The molecule has 1 unspecified atom stereocenters. The Morgan fingerprint density at radius 2 is 2.25 bits per heavy atom. The smallest absolute Gasteiger partial charge is 0.0850 e. The number of nitriles is 1. The summed E-state index contributed by atoms with van der Waals surface area (Å²) in [5, 5.41) is 22.8. The minimum absolute atomic E-state index is 0.150. The van der Waals surface area contributed by atoms with E-state index in [1.807, 2.05) is 13.8 Å². The molecule has 1 rings (SSSR count). The second-order valence-electron chi connectivity index (χ2n) is 3.59. The fraction of sp³-hybridized carbons (Fsp3) is 0.636. The van der Waals surface area contributed by atoms with Crippen LogP contribution in [0.15, 0.2) is 0 Å². The summed E-state index contributed by atoms with van der Waals surface area (Å²) in [6, 6.07) is 2.06. The first-order valence-electron chi connectivity index (χ1n) is 5.42. The Morgan fingerprint density at radius 3 is 2.69 bits per heavy atom. The molecule has 1 heterocycles. The number of aryl methyl sites for hydroxylation is 2. The minimum atomic E-state index is -0.413. The molecule has 0 saturated heterocycles. The molecule has 1 N–H and O–H groups in total. The molecular weight excluding hydrogens is 226 g/mol. The van der Waals surface area contributed by atoms with Crippen molar-refractivity contribution < 1.29 is 5.11 Å². The SMILES string of the molecule is CCc1nn(CC)c(CC(C#N)CO)c1Cl. The molecule has 0 aliphatic rings. The zero-order valence-electron chi connectivity index (χ0n) is 9.57. The van der Waals surface area contributed by atoms with Gasteiger partial charge in [-0.1, -0.05) is 18.5 Å². The van der Waals surface area contributed by atoms with Crippen LogP contribution in [0.4, 0.5) is 0 Å². The van der Waals surface area contributed by atoms with E-state index in [9.17, 15) is 0 Å². The highest BCUT2D eigenvalue weighted by molar-refractivity contribution is 6.31. The third-order valence-corrected chi connectivity index (χ3v) is 2.97. The highest BCUT2D eigenvalue weighted by Gasteiger charge is 2.18. The van der Waals surface area contributed by atoms with E-state index in [0.29, 0.717) is 11.4 Å². The summed E-state index contributed by atoms with van der Waals surface area (Å²) in [5.74, 6) is -0.413. The minimum Gasteiger partial charge on any atom is -0.395 e. The summed E-state index contributed by atoms with van der Waals surface area (Å²) >= 11 is 6.19. The first-order chi connectivity index (χ1) is 7.67. The number of aromatic nitrogens is 2. The van der Waals surface area contributed by atoms with Gasteiger partial charge in [0.2, 0.25) is 0 Å². The Bertz CT molecular complexity index is 395. The first-order valence-corrected chi connectivity index (χ1v) is 5.80. The molecule has 16 heavy (non-hydrogen) atoms. The van der Waals surface area contributed by atoms with Gasteiger partial charge in [0, 0.05) is 13.0 Å². The van der Waals surface area contributed by atoms with Gasteiger partial charge in [0.25, 0.3) is 0 Å². The quantitative estimate of drug-likeness (QED) is 0.855. The highest BCUT2D eigenvalue weighted by Crippen LogP contribution is 2.24.